The molecule has 0 bridgehead atoms. The molecule has 29 heavy (non-hydrogen) atoms. The molecule has 2 rings (SSSR count). The third-order valence-electron chi connectivity index (χ3n) is 4.70. The first-order valence-corrected chi connectivity index (χ1v) is 10.1. The van der Waals surface area contributed by atoms with Gasteiger partial charge < -0.3 is 25.2 Å². The molecule has 1 aliphatic heterocycles. The van der Waals surface area contributed by atoms with Gasteiger partial charge in [-0.3, -0.25) is 4.79 Å². The van der Waals surface area contributed by atoms with Gasteiger partial charge in [-0.05, 0) is 45.1 Å². The van der Waals surface area contributed by atoms with Crippen molar-refractivity contribution < 1.29 is 9.53 Å². The average molecular weight is 517 g/mol. The van der Waals surface area contributed by atoms with Crippen molar-refractivity contribution in [2.24, 2.45) is 10.9 Å². The molecule has 0 spiro atoms. The molecule has 0 saturated carbocycles. The van der Waals surface area contributed by atoms with E-state index in [-0.39, 0.29) is 29.9 Å². The van der Waals surface area contributed by atoms with E-state index in [1.54, 1.807) is 0 Å². The quantitative estimate of drug-likeness (QED) is 0.298. The predicted octanol–water partition coefficient (Wildman–Crippen LogP) is 2.03. The van der Waals surface area contributed by atoms with Crippen molar-refractivity contribution in [3.05, 3.63) is 35.4 Å². The molecular weight excluding hydrogens is 481 g/mol. The molecule has 1 heterocycles. The number of benzene rings is 1. The van der Waals surface area contributed by atoms with E-state index in [4.69, 9.17) is 9.73 Å². The van der Waals surface area contributed by atoms with Gasteiger partial charge in [0.05, 0.1) is 13.2 Å². The van der Waals surface area contributed by atoms with Crippen LogP contribution in [0.2, 0.25) is 0 Å². The maximum atomic E-state index is 12.3. The third kappa shape index (κ3) is 9.31. The summed E-state index contributed by atoms with van der Waals surface area (Å²) in [5, 5.41) is 6.31. The van der Waals surface area contributed by atoms with Gasteiger partial charge in [-0.1, -0.05) is 12.1 Å². The Labute approximate surface area is 192 Å². The molecule has 1 aromatic rings. The normalized spacial score (nSPS) is 16.4. The predicted molar refractivity (Wildman–Crippen MR) is 129 cm³/mol. The minimum absolute atomic E-state index is 0. The number of ether oxygens (including phenoxy) is 1. The van der Waals surface area contributed by atoms with E-state index in [9.17, 15) is 4.79 Å². The van der Waals surface area contributed by atoms with Gasteiger partial charge >= 0.3 is 0 Å². The number of aliphatic imine (C=N–C) groups is 1. The van der Waals surface area contributed by atoms with Crippen molar-refractivity contribution in [3.63, 3.8) is 0 Å². The van der Waals surface area contributed by atoms with Crippen molar-refractivity contribution in [1.29, 1.82) is 0 Å². The van der Waals surface area contributed by atoms with Gasteiger partial charge in [0.15, 0.2) is 5.96 Å². The van der Waals surface area contributed by atoms with Crippen molar-refractivity contribution >= 4 is 35.8 Å². The number of hydrogen-bond acceptors (Lipinski definition) is 4. The minimum atomic E-state index is -0.0436. The topological polar surface area (TPSA) is 69.2 Å². The van der Waals surface area contributed by atoms with Crippen LogP contribution >= 0.6 is 24.0 Å². The molecule has 1 amide bonds. The number of rotatable bonds is 9. The molecular formula is C21H36IN5O2. The van der Waals surface area contributed by atoms with E-state index in [2.05, 4.69) is 29.5 Å². The number of nitrogens with zero attached hydrogens (tertiary/aromatic N) is 3. The van der Waals surface area contributed by atoms with Gasteiger partial charge in [-0.15, -0.1) is 24.0 Å². The number of hydrogen-bond donors (Lipinski definition) is 2. The fourth-order valence-electron chi connectivity index (χ4n) is 3.14. The number of carbonyl (C=O) groups excluding carboxylic acids is 1. The van der Waals surface area contributed by atoms with Crippen LogP contribution in [0.4, 0.5) is 0 Å². The number of amides is 1. The highest BCUT2D eigenvalue weighted by Crippen LogP contribution is 2.13. The summed E-state index contributed by atoms with van der Waals surface area (Å²) in [4.78, 5) is 21.3. The second-order valence-electron chi connectivity index (χ2n) is 7.54. The van der Waals surface area contributed by atoms with E-state index in [0.717, 1.165) is 50.8 Å². The van der Waals surface area contributed by atoms with Crippen LogP contribution in [0.3, 0.4) is 0 Å². The Hall–Kier alpha value is -1.39. The summed E-state index contributed by atoms with van der Waals surface area (Å²) in [5.74, 6) is 1.40. The van der Waals surface area contributed by atoms with E-state index in [0.29, 0.717) is 24.6 Å². The van der Waals surface area contributed by atoms with E-state index in [1.165, 1.54) is 0 Å². The molecule has 0 radical (unpaired) electrons. The second-order valence-corrected chi connectivity index (χ2v) is 7.54. The summed E-state index contributed by atoms with van der Waals surface area (Å²) >= 11 is 0. The van der Waals surface area contributed by atoms with Gasteiger partial charge in [-0.2, -0.15) is 0 Å². The summed E-state index contributed by atoms with van der Waals surface area (Å²) in [6.45, 7) is 7.49. The number of halogens is 1. The summed E-state index contributed by atoms with van der Waals surface area (Å²) in [6.07, 6.45) is 1.11. The van der Waals surface area contributed by atoms with Crippen LogP contribution in [0.1, 0.15) is 29.3 Å². The first-order chi connectivity index (χ1) is 13.5. The lowest BCUT2D eigenvalue weighted by Gasteiger charge is -2.24. The molecule has 164 valence electrons. The van der Waals surface area contributed by atoms with Crippen LogP contribution < -0.4 is 10.6 Å². The van der Waals surface area contributed by atoms with Crippen LogP contribution in [-0.4, -0.2) is 82.2 Å². The van der Waals surface area contributed by atoms with E-state index in [1.807, 2.05) is 43.3 Å². The lowest BCUT2D eigenvalue weighted by atomic mass is 10.1. The van der Waals surface area contributed by atoms with Crippen LogP contribution in [-0.2, 0) is 11.3 Å². The first-order valence-electron chi connectivity index (χ1n) is 10.1. The highest BCUT2D eigenvalue weighted by molar-refractivity contribution is 14.0. The standard InChI is InChI=1S/C21H35N5O2.HI/c1-5-22-21(26(4)15-18-9-12-28-16-18)24-14-17-7-6-8-19(13-17)20(27)23-10-11-25(2)3;/h6-8,13,18H,5,9-12,14-16H2,1-4H3,(H,22,24)(H,23,27);1H. The van der Waals surface area contributed by atoms with E-state index < -0.39 is 0 Å². The average Bonchev–Trinajstić information content (AvgIpc) is 3.18. The maximum absolute atomic E-state index is 12.3. The van der Waals surface area contributed by atoms with E-state index >= 15 is 0 Å². The van der Waals surface area contributed by atoms with Crippen LogP contribution in [0.15, 0.2) is 29.3 Å². The van der Waals surface area contributed by atoms with Crippen molar-refractivity contribution in [1.82, 2.24) is 20.4 Å². The smallest absolute Gasteiger partial charge is 0.251 e. The van der Waals surface area contributed by atoms with Crippen molar-refractivity contribution in [3.8, 4) is 0 Å². The van der Waals surface area contributed by atoms with Crippen molar-refractivity contribution in [2.45, 2.75) is 19.9 Å². The molecule has 8 heteroatoms. The Morgan fingerprint density at radius 3 is 2.72 bits per heavy atom. The molecule has 1 saturated heterocycles. The van der Waals surface area contributed by atoms with Gasteiger partial charge in [0.1, 0.15) is 0 Å². The Kier molecular flexibility index (Phi) is 12.2. The minimum Gasteiger partial charge on any atom is -0.381 e. The molecule has 1 aromatic carbocycles. The fourth-order valence-corrected chi connectivity index (χ4v) is 3.14. The maximum Gasteiger partial charge on any atom is 0.251 e. The summed E-state index contributed by atoms with van der Waals surface area (Å²) < 4.78 is 5.48. The van der Waals surface area contributed by atoms with Crippen molar-refractivity contribution in [2.75, 3.05) is 60.5 Å². The molecule has 1 unspecified atom stereocenters. The van der Waals surface area contributed by atoms with Crippen LogP contribution in [0.25, 0.3) is 0 Å². The number of carbonyl (C=O) groups is 1. The number of guanidine groups is 1. The Bertz CT molecular complexity index is 648. The molecule has 0 aliphatic carbocycles. The first kappa shape index (κ1) is 25.6. The Morgan fingerprint density at radius 2 is 2.07 bits per heavy atom. The SMILES string of the molecule is CCNC(=NCc1cccc(C(=O)NCCN(C)C)c1)N(C)CC1CCOC1.I. The van der Waals surface area contributed by atoms with Gasteiger partial charge in [0.2, 0.25) is 0 Å². The molecule has 1 atom stereocenters. The second kappa shape index (κ2) is 13.8. The molecule has 1 aliphatic rings. The largest absolute Gasteiger partial charge is 0.381 e. The fraction of sp³-hybridized carbons (Fsp3) is 0.619. The summed E-state index contributed by atoms with van der Waals surface area (Å²) in [5.41, 5.74) is 1.70. The lowest BCUT2D eigenvalue weighted by molar-refractivity contribution is 0.0951. The molecule has 7 nitrogen and oxygen atoms in total. The number of nitrogens with one attached hydrogen (secondary N) is 2. The molecule has 2 N–H and O–H groups in total. The zero-order valence-electron chi connectivity index (χ0n) is 18.1. The number of likely N-dealkylation sites (N-methyl/N-ethyl adjacent to an activating group) is 1. The monoisotopic (exact) mass is 517 g/mol. The van der Waals surface area contributed by atoms with Gasteiger partial charge in [-0.25, -0.2) is 4.99 Å². The summed E-state index contributed by atoms with van der Waals surface area (Å²) in [7, 11) is 6.04. The van der Waals surface area contributed by atoms with Gasteiger partial charge in [0, 0.05) is 51.3 Å². The highest BCUT2D eigenvalue weighted by Gasteiger charge is 2.19. The molecule has 1 fully saturated rings. The highest BCUT2D eigenvalue weighted by atomic mass is 127. The Balaban J connectivity index is 0.00000420. The third-order valence-corrected chi connectivity index (χ3v) is 4.70. The van der Waals surface area contributed by atoms with Gasteiger partial charge in [0.25, 0.3) is 5.91 Å². The van der Waals surface area contributed by atoms with Crippen LogP contribution in [0, 0.1) is 5.92 Å². The van der Waals surface area contributed by atoms with Crippen LogP contribution in [0.5, 0.6) is 0 Å². The lowest BCUT2D eigenvalue weighted by Crippen LogP contribution is -2.41. The summed E-state index contributed by atoms with van der Waals surface area (Å²) in [6, 6.07) is 7.69. The molecule has 0 aromatic heterocycles. The zero-order valence-corrected chi connectivity index (χ0v) is 20.4. The Morgan fingerprint density at radius 1 is 1.28 bits per heavy atom. The zero-order chi connectivity index (χ0) is 20.4.